The highest BCUT2D eigenvalue weighted by molar-refractivity contribution is 9.09. The van der Waals surface area contributed by atoms with Crippen LogP contribution in [0.3, 0.4) is 0 Å². The van der Waals surface area contributed by atoms with Crippen molar-refractivity contribution in [1.82, 2.24) is 4.90 Å². The number of benzene rings is 1. The molecule has 0 aliphatic carbocycles. The molecular formula is C12H12BrNO3. The highest BCUT2D eigenvalue weighted by Gasteiger charge is 2.38. The Balaban J connectivity index is 2.28. The van der Waals surface area contributed by atoms with Gasteiger partial charge in [0, 0.05) is 0 Å². The Labute approximate surface area is 108 Å². The number of aldehydes is 2. The summed E-state index contributed by atoms with van der Waals surface area (Å²) in [5.41, 5.74) is 1.03. The van der Waals surface area contributed by atoms with Crippen LogP contribution in [0.25, 0.3) is 0 Å². The minimum atomic E-state index is -0.671. The normalized spacial score (nSPS) is 26.6. The Hall–Kier alpha value is -1.04. The van der Waals surface area contributed by atoms with Gasteiger partial charge < -0.3 is 9.53 Å². The molecule has 17 heavy (non-hydrogen) atoms. The van der Waals surface area contributed by atoms with Crippen LogP contribution in [0.15, 0.2) is 30.3 Å². The number of carbonyl (C=O) groups is 2. The van der Waals surface area contributed by atoms with E-state index in [1.165, 1.54) is 0 Å². The summed E-state index contributed by atoms with van der Waals surface area (Å²) >= 11 is 3.24. The van der Waals surface area contributed by atoms with Gasteiger partial charge in [0.15, 0.2) is 12.5 Å². The average molecular weight is 298 g/mol. The molecule has 0 spiro atoms. The van der Waals surface area contributed by atoms with Crippen molar-refractivity contribution in [3.63, 3.8) is 0 Å². The molecule has 1 aliphatic rings. The highest BCUT2D eigenvalue weighted by Crippen LogP contribution is 2.32. The monoisotopic (exact) mass is 297 g/mol. The van der Waals surface area contributed by atoms with Crippen LogP contribution in [-0.4, -0.2) is 35.3 Å². The van der Waals surface area contributed by atoms with Gasteiger partial charge in [-0.05, 0) is 5.56 Å². The zero-order chi connectivity index (χ0) is 12.3. The fourth-order valence-electron chi connectivity index (χ4n) is 1.97. The summed E-state index contributed by atoms with van der Waals surface area (Å²) in [5.74, 6) is 0. The van der Waals surface area contributed by atoms with Crippen molar-refractivity contribution < 1.29 is 14.3 Å². The van der Waals surface area contributed by atoms with Gasteiger partial charge in [-0.15, -0.1) is 0 Å². The van der Waals surface area contributed by atoms with Crippen LogP contribution in [0.1, 0.15) is 11.6 Å². The molecule has 1 aromatic carbocycles. The molecule has 0 N–H and O–H groups in total. The SMILES string of the molecule is O=CC(Br)N1C(C=O)OC[C@H]1c1ccccc1. The molecular weight excluding hydrogens is 286 g/mol. The Bertz CT molecular complexity index is 398. The van der Waals surface area contributed by atoms with E-state index < -0.39 is 11.2 Å². The smallest absolute Gasteiger partial charge is 0.168 e. The maximum absolute atomic E-state index is 10.9. The van der Waals surface area contributed by atoms with Gasteiger partial charge in [0.2, 0.25) is 0 Å². The lowest BCUT2D eigenvalue weighted by Gasteiger charge is -2.27. The number of halogens is 1. The molecule has 1 fully saturated rings. The summed E-state index contributed by atoms with van der Waals surface area (Å²) < 4.78 is 5.37. The first-order valence-corrected chi connectivity index (χ1v) is 6.18. The third kappa shape index (κ3) is 2.46. The Morgan fingerprint density at radius 3 is 2.65 bits per heavy atom. The first kappa shape index (κ1) is 12.4. The van der Waals surface area contributed by atoms with E-state index in [0.29, 0.717) is 12.9 Å². The van der Waals surface area contributed by atoms with Crippen molar-refractivity contribution >= 4 is 28.5 Å². The number of nitrogens with zero attached hydrogens (tertiary/aromatic N) is 1. The van der Waals surface area contributed by atoms with Crippen LogP contribution in [-0.2, 0) is 14.3 Å². The van der Waals surface area contributed by atoms with Gasteiger partial charge >= 0.3 is 0 Å². The van der Waals surface area contributed by atoms with E-state index in [0.717, 1.165) is 11.8 Å². The standard InChI is InChI=1S/C12H12BrNO3/c13-11(6-15)14-10(8-17-12(14)7-16)9-4-2-1-3-5-9/h1-7,10-12H,8H2/t10-,11?,12?/m0/s1. The zero-order valence-corrected chi connectivity index (χ0v) is 10.6. The molecule has 0 aromatic heterocycles. The van der Waals surface area contributed by atoms with Gasteiger partial charge in [-0.1, -0.05) is 46.3 Å². The fourth-order valence-corrected chi connectivity index (χ4v) is 2.49. The van der Waals surface area contributed by atoms with E-state index >= 15 is 0 Å². The zero-order valence-electron chi connectivity index (χ0n) is 9.03. The largest absolute Gasteiger partial charge is 0.354 e. The number of hydrogen-bond donors (Lipinski definition) is 0. The highest BCUT2D eigenvalue weighted by atomic mass is 79.9. The molecule has 2 unspecified atom stereocenters. The third-order valence-corrected chi connectivity index (χ3v) is 3.47. The molecule has 0 radical (unpaired) electrons. The van der Waals surface area contributed by atoms with Crippen LogP contribution >= 0.6 is 15.9 Å². The summed E-state index contributed by atoms with van der Waals surface area (Å²) in [6, 6.07) is 9.60. The predicted octanol–water partition coefficient (Wildman–Crippen LogP) is 1.50. The molecule has 4 nitrogen and oxygen atoms in total. The van der Waals surface area contributed by atoms with Crippen LogP contribution in [0, 0.1) is 0 Å². The van der Waals surface area contributed by atoms with Crippen LogP contribution in [0.2, 0.25) is 0 Å². The quantitative estimate of drug-likeness (QED) is 0.480. The average Bonchev–Trinajstić information content (AvgIpc) is 2.82. The molecule has 1 aliphatic heterocycles. The Morgan fingerprint density at radius 1 is 1.35 bits per heavy atom. The van der Waals surface area contributed by atoms with Crippen molar-refractivity contribution in [3.05, 3.63) is 35.9 Å². The predicted molar refractivity (Wildman–Crippen MR) is 65.6 cm³/mol. The number of hydrogen-bond acceptors (Lipinski definition) is 4. The fraction of sp³-hybridized carbons (Fsp3) is 0.333. The van der Waals surface area contributed by atoms with Crippen LogP contribution < -0.4 is 0 Å². The van der Waals surface area contributed by atoms with E-state index in [-0.39, 0.29) is 6.04 Å². The van der Waals surface area contributed by atoms with Crippen LogP contribution in [0.5, 0.6) is 0 Å². The summed E-state index contributed by atoms with van der Waals surface area (Å²) in [5, 5.41) is 0. The maximum atomic E-state index is 10.9. The number of ether oxygens (including phenoxy) is 1. The van der Waals surface area contributed by atoms with E-state index in [4.69, 9.17) is 4.74 Å². The molecule has 5 heteroatoms. The van der Waals surface area contributed by atoms with Crippen molar-refractivity contribution in [2.24, 2.45) is 0 Å². The van der Waals surface area contributed by atoms with Gasteiger partial charge in [0.1, 0.15) is 11.2 Å². The molecule has 1 saturated heterocycles. The summed E-state index contributed by atoms with van der Waals surface area (Å²) in [6.07, 6.45) is 0.789. The topological polar surface area (TPSA) is 46.6 Å². The maximum Gasteiger partial charge on any atom is 0.168 e. The van der Waals surface area contributed by atoms with E-state index in [1.807, 2.05) is 30.3 Å². The van der Waals surface area contributed by atoms with Crippen molar-refractivity contribution in [1.29, 1.82) is 0 Å². The van der Waals surface area contributed by atoms with Gasteiger partial charge in [0.25, 0.3) is 0 Å². The Kier molecular flexibility index (Phi) is 4.04. The minimum absolute atomic E-state index is 0.0824. The summed E-state index contributed by atoms with van der Waals surface area (Å²) in [7, 11) is 0. The molecule has 90 valence electrons. The summed E-state index contributed by atoms with van der Waals surface area (Å²) in [4.78, 5) is 23.0. The number of rotatable bonds is 4. The van der Waals surface area contributed by atoms with E-state index in [9.17, 15) is 9.59 Å². The van der Waals surface area contributed by atoms with Gasteiger partial charge in [-0.25, -0.2) is 4.90 Å². The molecule has 0 saturated carbocycles. The molecule has 0 bridgehead atoms. The van der Waals surface area contributed by atoms with Crippen molar-refractivity contribution in [2.45, 2.75) is 17.2 Å². The Morgan fingerprint density at radius 2 is 2.06 bits per heavy atom. The number of carbonyl (C=O) groups excluding carboxylic acids is 2. The molecule has 3 atom stereocenters. The van der Waals surface area contributed by atoms with Gasteiger partial charge in [0.05, 0.1) is 12.6 Å². The van der Waals surface area contributed by atoms with Crippen molar-refractivity contribution in [3.8, 4) is 0 Å². The lowest BCUT2D eigenvalue weighted by molar-refractivity contribution is -0.123. The first-order chi connectivity index (χ1) is 8.27. The minimum Gasteiger partial charge on any atom is -0.354 e. The second-order valence-electron chi connectivity index (χ2n) is 3.74. The third-order valence-electron chi connectivity index (χ3n) is 2.78. The summed E-state index contributed by atoms with van der Waals surface area (Å²) in [6.45, 7) is 0.406. The van der Waals surface area contributed by atoms with Gasteiger partial charge in [-0.3, -0.25) is 4.79 Å². The first-order valence-electron chi connectivity index (χ1n) is 5.26. The second-order valence-corrected chi connectivity index (χ2v) is 4.68. The second kappa shape index (κ2) is 5.53. The lowest BCUT2D eigenvalue weighted by Crippen LogP contribution is -2.39. The molecule has 0 amide bonds. The van der Waals surface area contributed by atoms with E-state index in [1.54, 1.807) is 4.90 Å². The van der Waals surface area contributed by atoms with Crippen LogP contribution in [0.4, 0.5) is 0 Å². The molecule has 1 aromatic rings. The lowest BCUT2D eigenvalue weighted by atomic mass is 10.1. The van der Waals surface area contributed by atoms with Crippen molar-refractivity contribution in [2.75, 3.05) is 6.61 Å². The number of alkyl halides is 1. The molecule has 1 heterocycles. The van der Waals surface area contributed by atoms with E-state index in [2.05, 4.69) is 15.9 Å². The molecule has 2 rings (SSSR count). The van der Waals surface area contributed by atoms with Gasteiger partial charge in [-0.2, -0.15) is 0 Å².